The lowest BCUT2D eigenvalue weighted by atomic mass is 10.2. The van der Waals surface area contributed by atoms with Crippen LogP contribution in [-0.2, 0) is 4.79 Å². The van der Waals surface area contributed by atoms with E-state index in [9.17, 15) is 9.59 Å². The molecule has 18 heavy (non-hydrogen) atoms. The summed E-state index contributed by atoms with van der Waals surface area (Å²) in [6, 6.07) is 0. The van der Waals surface area contributed by atoms with Gasteiger partial charge in [-0.3, -0.25) is 9.59 Å². The quantitative estimate of drug-likeness (QED) is 0.793. The van der Waals surface area contributed by atoms with Crippen LogP contribution in [0.3, 0.4) is 0 Å². The third kappa shape index (κ3) is 1.99. The van der Waals surface area contributed by atoms with Gasteiger partial charge in [0, 0.05) is 13.2 Å². The molecule has 0 aromatic carbocycles. The van der Waals surface area contributed by atoms with E-state index in [1.165, 1.54) is 24.1 Å². The van der Waals surface area contributed by atoms with Crippen molar-refractivity contribution in [2.24, 2.45) is 0 Å². The molecule has 0 radical (unpaired) electrons. The first-order valence-corrected chi connectivity index (χ1v) is 5.13. The molecule has 94 valence electrons. The van der Waals surface area contributed by atoms with Gasteiger partial charge in [-0.25, -0.2) is 9.50 Å². The number of carboxylic acids is 1. The molecule has 2 rings (SSSR count). The zero-order chi connectivity index (χ0) is 13.3. The fraction of sp³-hybridized carbons (Fsp3) is 0.300. The average molecular weight is 249 g/mol. The molecule has 8 nitrogen and oxygen atoms in total. The van der Waals surface area contributed by atoms with Crippen LogP contribution < -0.4 is 0 Å². The van der Waals surface area contributed by atoms with Gasteiger partial charge in [-0.2, -0.15) is 10.1 Å². The summed E-state index contributed by atoms with van der Waals surface area (Å²) in [4.78, 5) is 31.6. The normalized spacial score (nSPS) is 10.6. The molecule has 0 saturated heterocycles. The van der Waals surface area contributed by atoms with Crippen LogP contribution in [0.2, 0.25) is 0 Å². The Morgan fingerprint density at radius 1 is 1.44 bits per heavy atom. The van der Waals surface area contributed by atoms with E-state index >= 15 is 0 Å². The fourth-order valence-corrected chi connectivity index (χ4v) is 1.58. The maximum atomic E-state index is 12.0. The van der Waals surface area contributed by atoms with Gasteiger partial charge in [-0.05, 0) is 6.92 Å². The minimum atomic E-state index is -1.07. The van der Waals surface area contributed by atoms with Gasteiger partial charge in [0.2, 0.25) is 0 Å². The Labute approximate surface area is 102 Å². The summed E-state index contributed by atoms with van der Waals surface area (Å²) in [5.74, 6) is -1.09. The molecule has 1 amide bonds. The van der Waals surface area contributed by atoms with Crippen LogP contribution in [0.1, 0.15) is 16.1 Å². The minimum absolute atomic E-state index is 0.303. The van der Waals surface area contributed by atoms with E-state index in [2.05, 4.69) is 15.1 Å². The van der Waals surface area contributed by atoms with Crippen LogP contribution in [-0.4, -0.2) is 55.1 Å². The number of carboxylic acid groups (broad SMARTS) is 1. The number of likely N-dealkylation sites (N-methyl/N-ethyl adjacent to an activating group) is 1. The topological polar surface area (TPSA) is 101 Å². The third-order valence-electron chi connectivity index (χ3n) is 2.50. The van der Waals surface area contributed by atoms with Gasteiger partial charge in [-0.1, -0.05) is 0 Å². The van der Waals surface area contributed by atoms with E-state index in [0.717, 1.165) is 4.90 Å². The summed E-state index contributed by atoms with van der Waals surface area (Å²) in [5, 5.41) is 12.6. The van der Waals surface area contributed by atoms with Gasteiger partial charge < -0.3 is 10.0 Å². The molecule has 0 aliphatic rings. The first-order valence-electron chi connectivity index (χ1n) is 5.13. The number of hydrogen-bond acceptors (Lipinski definition) is 5. The van der Waals surface area contributed by atoms with Crippen molar-refractivity contribution in [2.75, 3.05) is 13.6 Å². The first-order chi connectivity index (χ1) is 8.50. The molecule has 2 aromatic rings. The Bertz CT molecular complexity index is 621. The summed E-state index contributed by atoms with van der Waals surface area (Å²) >= 11 is 0. The Morgan fingerprint density at radius 2 is 2.17 bits per heavy atom. The fourth-order valence-electron chi connectivity index (χ4n) is 1.58. The van der Waals surface area contributed by atoms with Crippen molar-refractivity contribution in [1.82, 2.24) is 24.5 Å². The highest BCUT2D eigenvalue weighted by atomic mass is 16.4. The second-order valence-corrected chi connectivity index (χ2v) is 3.78. The number of amides is 1. The second-order valence-electron chi connectivity index (χ2n) is 3.78. The van der Waals surface area contributed by atoms with Crippen LogP contribution in [0, 0.1) is 6.92 Å². The first kappa shape index (κ1) is 12.0. The Hall–Kier alpha value is -2.51. The van der Waals surface area contributed by atoms with Crippen molar-refractivity contribution < 1.29 is 14.7 Å². The standard InChI is InChI=1S/C10H11N5O3/c1-6-7(9(18)14(2)4-8(16)17)3-11-10-12-5-13-15(6)10/h3,5H,4H2,1-2H3,(H,16,17). The molecular formula is C10H11N5O3. The van der Waals surface area contributed by atoms with Gasteiger partial charge in [0.1, 0.15) is 12.9 Å². The molecule has 2 heterocycles. The van der Waals surface area contributed by atoms with Crippen molar-refractivity contribution in [3.63, 3.8) is 0 Å². The van der Waals surface area contributed by atoms with Crippen molar-refractivity contribution in [3.8, 4) is 0 Å². The van der Waals surface area contributed by atoms with Crippen molar-refractivity contribution in [3.05, 3.63) is 23.8 Å². The molecule has 0 bridgehead atoms. The Kier molecular flexibility index (Phi) is 2.92. The number of aliphatic carboxylic acids is 1. The predicted molar refractivity (Wildman–Crippen MR) is 60.1 cm³/mol. The highest BCUT2D eigenvalue weighted by molar-refractivity contribution is 5.96. The van der Waals surface area contributed by atoms with E-state index in [1.54, 1.807) is 6.92 Å². The van der Waals surface area contributed by atoms with E-state index < -0.39 is 11.9 Å². The minimum Gasteiger partial charge on any atom is -0.480 e. The molecule has 0 fully saturated rings. The number of carbonyl (C=O) groups is 2. The number of hydrogen-bond donors (Lipinski definition) is 1. The Morgan fingerprint density at radius 3 is 2.83 bits per heavy atom. The maximum absolute atomic E-state index is 12.0. The molecule has 0 saturated carbocycles. The number of fused-ring (bicyclic) bond motifs is 1. The van der Waals surface area contributed by atoms with Gasteiger partial charge in [-0.15, -0.1) is 0 Å². The van der Waals surface area contributed by atoms with Crippen molar-refractivity contribution in [1.29, 1.82) is 0 Å². The van der Waals surface area contributed by atoms with E-state index in [-0.39, 0.29) is 6.54 Å². The van der Waals surface area contributed by atoms with Crippen LogP contribution in [0.25, 0.3) is 5.78 Å². The number of rotatable bonds is 3. The smallest absolute Gasteiger partial charge is 0.323 e. The predicted octanol–water partition coefficient (Wildman–Crippen LogP) is -0.411. The van der Waals surface area contributed by atoms with Gasteiger partial charge in [0.25, 0.3) is 11.7 Å². The summed E-state index contributed by atoms with van der Waals surface area (Å²) in [7, 11) is 1.42. The summed E-state index contributed by atoms with van der Waals surface area (Å²) in [6.45, 7) is 1.33. The lowest BCUT2D eigenvalue weighted by molar-refractivity contribution is -0.137. The van der Waals surface area contributed by atoms with Gasteiger partial charge in [0.15, 0.2) is 0 Å². The molecule has 1 N–H and O–H groups in total. The van der Waals surface area contributed by atoms with Gasteiger partial charge in [0.05, 0.1) is 11.3 Å². The molecule has 0 aliphatic carbocycles. The van der Waals surface area contributed by atoms with Crippen LogP contribution in [0.15, 0.2) is 12.5 Å². The number of aryl methyl sites for hydroxylation is 1. The molecule has 0 atom stereocenters. The average Bonchev–Trinajstić information content (AvgIpc) is 2.76. The van der Waals surface area contributed by atoms with E-state index in [1.807, 2.05) is 0 Å². The Balaban J connectivity index is 2.38. The summed E-state index contributed by atoms with van der Waals surface area (Å²) in [6.07, 6.45) is 2.71. The van der Waals surface area contributed by atoms with E-state index in [4.69, 9.17) is 5.11 Å². The highest BCUT2D eigenvalue weighted by Crippen LogP contribution is 2.09. The molecule has 2 aromatic heterocycles. The second kappa shape index (κ2) is 4.40. The number of carbonyl (C=O) groups excluding carboxylic acids is 1. The number of aromatic nitrogens is 4. The zero-order valence-corrected chi connectivity index (χ0v) is 9.86. The van der Waals surface area contributed by atoms with Gasteiger partial charge >= 0.3 is 5.97 Å². The monoisotopic (exact) mass is 249 g/mol. The van der Waals surface area contributed by atoms with Crippen molar-refractivity contribution in [2.45, 2.75) is 6.92 Å². The largest absolute Gasteiger partial charge is 0.480 e. The summed E-state index contributed by atoms with van der Waals surface area (Å²) < 4.78 is 1.43. The molecule has 8 heteroatoms. The molecule has 0 aliphatic heterocycles. The molecule has 0 spiro atoms. The lowest BCUT2D eigenvalue weighted by Crippen LogP contribution is -2.32. The van der Waals surface area contributed by atoms with Crippen molar-refractivity contribution >= 4 is 17.7 Å². The molecule has 0 unspecified atom stereocenters. The number of nitrogens with zero attached hydrogens (tertiary/aromatic N) is 5. The SMILES string of the molecule is Cc1c(C(=O)N(C)CC(=O)O)cnc2ncnn12. The lowest BCUT2D eigenvalue weighted by Gasteiger charge is -2.15. The van der Waals surface area contributed by atoms with E-state index in [0.29, 0.717) is 17.0 Å². The third-order valence-corrected chi connectivity index (χ3v) is 2.50. The van der Waals surface area contributed by atoms with Crippen LogP contribution >= 0.6 is 0 Å². The maximum Gasteiger partial charge on any atom is 0.323 e. The highest BCUT2D eigenvalue weighted by Gasteiger charge is 2.18. The zero-order valence-electron chi connectivity index (χ0n) is 9.86. The van der Waals surface area contributed by atoms with Crippen LogP contribution in [0.5, 0.6) is 0 Å². The molecular weight excluding hydrogens is 238 g/mol. The van der Waals surface area contributed by atoms with Crippen LogP contribution in [0.4, 0.5) is 0 Å². The summed E-state index contributed by atoms with van der Waals surface area (Å²) in [5.41, 5.74) is 0.872.